The molecule has 1 aliphatic carbocycles. The average Bonchev–Trinajstić information content (AvgIpc) is 2.94. The van der Waals surface area contributed by atoms with Crippen molar-refractivity contribution in [1.82, 2.24) is 10.2 Å². The van der Waals surface area contributed by atoms with Gasteiger partial charge in [-0.15, -0.1) is 0 Å². The van der Waals surface area contributed by atoms with Gasteiger partial charge in [0.05, 0.1) is 11.5 Å². The first kappa shape index (κ1) is 33.9. The summed E-state index contributed by atoms with van der Waals surface area (Å²) in [4.78, 5) is 30.8. The van der Waals surface area contributed by atoms with Crippen molar-refractivity contribution in [1.29, 1.82) is 0 Å². The fourth-order valence-electron chi connectivity index (χ4n) is 5.98. The van der Waals surface area contributed by atoms with Crippen molar-refractivity contribution in [2.75, 3.05) is 38.6 Å². The van der Waals surface area contributed by atoms with Crippen LogP contribution in [-0.4, -0.2) is 61.7 Å². The summed E-state index contributed by atoms with van der Waals surface area (Å²) >= 11 is 0. The number of aliphatic hydroxyl groups excluding tert-OH is 1. The zero-order valence-electron chi connectivity index (χ0n) is 26.0. The van der Waals surface area contributed by atoms with Crippen LogP contribution in [0.3, 0.4) is 0 Å². The summed E-state index contributed by atoms with van der Waals surface area (Å²) in [5.41, 5.74) is 8.08. The van der Waals surface area contributed by atoms with Crippen LogP contribution in [0.25, 0.3) is 0 Å². The molecule has 7 nitrogen and oxygen atoms in total. The summed E-state index contributed by atoms with van der Waals surface area (Å²) < 4.78 is 28.5. The fourth-order valence-corrected chi connectivity index (χ4v) is 5.98. The molecule has 0 fully saturated rings. The van der Waals surface area contributed by atoms with Gasteiger partial charge in [0.1, 0.15) is 11.6 Å². The number of rotatable bonds is 15. The molecule has 0 radical (unpaired) electrons. The molecule has 2 aromatic rings. The minimum Gasteiger partial charge on any atom is -0.391 e. The fraction of sp³-hybridized carbons (Fsp3) is 0.471. The first-order chi connectivity index (χ1) is 20.4. The van der Waals surface area contributed by atoms with Crippen LogP contribution in [0, 0.1) is 23.0 Å². The van der Waals surface area contributed by atoms with E-state index >= 15 is 0 Å². The van der Waals surface area contributed by atoms with Crippen LogP contribution in [0.1, 0.15) is 51.2 Å². The smallest absolute Gasteiger partial charge is 0.249 e. The van der Waals surface area contributed by atoms with Gasteiger partial charge in [-0.1, -0.05) is 43.7 Å². The zero-order valence-corrected chi connectivity index (χ0v) is 26.0. The number of nitrogens with one attached hydrogen (secondary N) is 1. The molecular formula is C34H46F2N4O3. The maximum absolute atomic E-state index is 14.2. The maximum atomic E-state index is 14.2. The van der Waals surface area contributed by atoms with Crippen LogP contribution in [-0.2, 0) is 22.6 Å². The van der Waals surface area contributed by atoms with Crippen molar-refractivity contribution in [3.8, 4) is 0 Å². The number of amides is 2. The number of hydrogen-bond donors (Lipinski definition) is 3. The largest absolute Gasteiger partial charge is 0.391 e. The molecule has 0 saturated heterocycles. The first-order valence-electron chi connectivity index (χ1n) is 15.0. The molecule has 234 valence electrons. The molecule has 2 aromatic carbocycles. The van der Waals surface area contributed by atoms with E-state index in [1.165, 1.54) is 12.1 Å². The quantitative estimate of drug-likeness (QED) is 0.276. The molecule has 9 heteroatoms. The number of halogens is 2. The van der Waals surface area contributed by atoms with E-state index in [1.54, 1.807) is 24.0 Å². The Balaban J connectivity index is 1.95. The molecule has 1 aliphatic rings. The highest BCUT2D eigenvalue weighted by atomic mass is 19.1. The number of hydrogen-bond acceptors (Lipinski definition) is 5. The molecular weight excluding hydrogens is 550 g/mol. The van der Waals surface area contributed by atoms with Crippen molar-refractivity contribution in [2.24, 2.45) is 17.1 Å². The molecule has 3 atom stereocenters. The Hall–Kier alpha value is -3.56. The van der Waals surface area contributed by atoms with Gasteiger partial charge in [-0.25, -0.2) is 8.78 Å². The predicted octanol–water partition coefficient (Wildman–Crippen LogP) is 4.74. The minimum absolute atomic E-state index is 0.0199. The van der Waals surface area contributed by atoms with Crippen molar-refractivity contribution >= 4 is 17.5 Å². The average molecular weight is 597 g/mol. The van der Waals surface area contributed by atoms with Gasteiger partial charge in [-0.2, -0.15) is 0 Å². The van der Waals surface area contributed by atoms with Gasteiger partial charge in [0, 0.05) is 63.5 Å². The highest BCUT2D eigenvalue weighted by molar-refractivity contribution is 5.97. The summed E-state index contributed by atoms with van der Waals surface area (Å²) in [7, 11) is 3.92. The van der Waals surface area contributed by atoms with Crippen LogP contribution in [0.15, 0.2) is 65.8 Å². The van der Waals surface area contributed by atoms with Crippen molar-refractivity contribution in [3.05, 3.63) is 88.5 Å². The molecule has 2 amide bonds. The van der Waals surface area contributed by atoms with E-state index in [1.807, 2.05) is 57.1 Å². The third kappa shape index (κ3) is 8.74. The molecule has 0 aliphatic heterocycles. The standard InChI is InChI=1S/C34H46F2N4O3/c1-6-12-40(13-7-2)32(42)26-14-23(3)19-34(20-26,33(37)43)30(17-25-15-27(35)18-28(36)16-25)31(41)22-38-21-24-8-10-29(11-9-24)39(4)5/h8-11,14-16,18-19,30-31,38,41H,6-7,12-13,17,20-22H2,1-5H3,(H2,37,43)/t30-,31+,34?/m1/s1. The predicted molar refractivity (Wildman–Crippen MR) is 167 cm³/mol. The Morgan fingerprint density at radius 2 is 1.63 bits per heavy atom. The Kier molecular flexibility index (Phi) is 12.0. The number of carbonyl (C=O) groups is 2. The summed E-state index contributed by atoms with van der Waals surface area (Å²) in [5, 5.41) is 14.9. The number of nitrogens with zero attached hydrogens (tertiary/aromatic N) is 2. The van der Waals surface area contributed by atoms with E-state index in [0.717, 1.165) is 30.2 Å². The van der Waals surface area contributed by atoms with Gasteiger partial charge in [0.15, 0.2) is 0 Å². The van der Waals surface area contributed by atoms with Crippen LogP contribution >= 0.6 is 0 Å². The topological polar surface area (TPSA) is 98.9 Å². The number of benzene rings is 2. The minimum atomic E-state index is -1.47. The van der Waals surface area contributed by atoms with E-state index in [4.69, 9.17) is 5.73 Å². The molecule has 4 N–H and O–H groups in total. The highest BCUT2D eigenvalue weighted by Gasteiger charge is 2.48. The van der Waals surface area contributed by atoms with Crippen LogP contribution in [0.4, 0.5) is 14.5 Å². The van der Waals surface area contributed by atoms with E-state index in [0.29, 0.717) is 30.8 Å². The van der Waals surface area contributed by atoms with Gasteiger partial charge in [-0.05, 0) is 68.0 Å². The summed E-state index contributed by atoms with van der Waals surface area (Å²) in [6, 6.07) is 11.1. The first-order valence-corrected chi connectivity index (χ1v) is 15.0. The van der Waals surface area contributed by atoms with Gasteiger partial charge in [0.25, 0.3) is 0 Å². The van der Waals surface area contributed by atoms with E-state index < -0.39 is 35.0 Å². The Bertz CT molecular complexity index is 1300. The lowest BCUT2D eigenvalue weighted by Gasteiger charge is -2.42. The van der Waals surface area contributed by atoms with Crippen molar-refractivity contribution < 1.29 is 23.5 Å². The summed E-state index contributed by atoms with van der Waals surface area (Å²) in [6.45, 7) is 7.47. The lowest BCUT2D eigenvalue weighted by Crippen LogP contribution is -2.51. The molecule has 0 bridgehead atoms. The number of nitrogens with two attached hydrogens (primary N) is 1. The lowest BCUT2D eigenvalue weighted by atomic mass is 9.63. The summed E-state index contributed by atoms with van der Waals surface area (Å²) in [5.74, 6) is -3.27. The molecule has 0 saturated carbocycles. The third-order valence-electron chi connectivity index (χ3n) is 8.02. The number of primary amides is 1. The Morgan fingerprint density at radius 1 is 1.02 bits per heavy atom. The molecule has 1 unspecified atom stereocenters. The maximum Gasteiger partial charge on any atom is 0.249 e. The Labute approximate surface area is 254 Å². The van der Waals surface area contributed by atoms with Gasteiger partial charge in [-0.3, -0.25) is 9.59 Å². The van der Waals surface area contributed by atoms with Crippen LogP contribution in [0.5, 0.6) is 0 Å². The molecule has 0 spiro atoms. The van der Waals surface area contributed by atoms with Crippen molar-refractivity contribution in [3.63, 3.8) is 0 Å². The number of aliphatic hydroxyl groups is 1. The highest BCUT2D eigenvalue weighted by Crippen LogP contribution is 2.44. The van der Waals surface area contributed by atoms with Gasteiger partial charge in [0.2, 0.25) is 11.8 Å². The summed E-state index contributed by atoms with van der Waals surface area (Å²) in [6.07, 6.45) is 3.85. The second-order valence-corrected chi connectivity index (χ2v) is 11.8. The normalized spacial score (nSPS) is 18.0. The van der Waals surface area contributed by atoms with E-state index in [2.05, 4.69) is 5.32 Å². The number of allylic oxidation sites excluding steroid dienone is 2. The van der Waals surface area contributed by atoms with Gasteiger partial charge >= 0.3 is 0 Å². The molecule has 3 rings (SSSR count). The Morgan fingerprint density at radius 3 is 2.16 bits per heavy atom. The van der Waals surface area contributed by atoms with E-state index in [-0.39, 0.29) is 30.9 Å². The van der Waals surface area contributed by atoms with Crippen molar-refractivity contribution in [2.45, 2.75) is 59.1 Å². The van der Waals surface area contributed by atoms with Crippen LogP contribution < -0.4 is 16.0 Å². The number of anilines is 1. The SMILES string of the molecule is CCCN(CCC)C(=O)C1=CC(C)=CC(C(N)=O)([C@H](Cc2cc(F)cc(F)c2)[C@@H](O)CNCc2ccc(N(C)C)cc2)C1. The third-order valence-corrected chi connectivity index (χ3v) is 8.02. The second-order valence-electron chi connectivity index (χ2n) is 11.8. The second kappa shape index (κ2) is 15.3. The lowest BCUT2D eigenvalue weighted by molar-refractivity contribution is -0.132. The number of carbonyl (C=O) groups excluding carboxylic acids is 2. The molecule has 0 heterocycles. The molecule has 0 aromatic heterocycles. The monoisotopic (exact) mass is 596 g/mol. The molecule has 43 heavy (non-hydrogen) atoms. The van der Waals surface area contributed by atoms with E-state index in [9.17, 15) is 23.5 Å². The zero-order chi connectivity index (χ0) is 31.7. The van der Waals surface area contributed by atoms with Crippen LogP contribution in [0.2, 0.25) is 0 Å². The van der Waals surface area contributed by atoms with Gasteiger partial charge < -0.3 is 26.0 Å².